The lowest BCUT2D eigenvalue weighted by Gasteiger charge is -2.27. The number of carbonyl (C=O) groups is 1. The first-order valence-electron chi connectivity index (χ1n) is 8.49. The Labute approximate surface area is 162 Å². The second kappa shape index (κ2) is 8.96. The van der Waals surface area contributed by atoms with Gasteiger partial charge in [-0.05, 0) is 12.1 Å². The van der Waals surface area contributed by atoms with Crippen molar-refractivity contribution in [1.29, 1.82) is 0 Å². The zero-order chi connectivity index (χ0) is 19.2. The fourth-order valence-electron chi connectivity index (χ4n) is 2.69. The normalized spacial score (nSPS) is 14.1. The first-order valence-corrected chi connectivity index (χ1v) is 9.47. The van der Waals surface area contributed by atoms with Gasteiger partial charge in [0.2, 0.25) is 11.9 Å². The summed E-state index contributed by atoms with van der Waals surface area (Å²) in [5.41, 5.74) is 0.593. The van der Waals surface area contributed by atoms with E-state index in [9.17, 15) is 4.79 Å². The molecule has 27 heavy (non-hydrogen) atoms. The van der Waals surface area contributed by atoms with Crippen molar-refractivity contribution in [2.75, 3.05) is 56.5 Å². The highest BCUT2D eigenvalue weighted by atomic mass is 32.2. The number of thioether (sulfide) groups is 1. The van der Waals surface area contributed by atoms with Crippen LogP contribution in [0.1, 0.15) is 0 Å². The Bertz CT molecular complexity index is 792. The number of anilines is 2. The Kier molecular flexibility index (Phi) is 6.40. The summed E-state index contributed by atoms with van der Waals surface area (Å²) in [6, 6.07) is 5.24. The summed E-state index contributed by atoms with van der Waals surface area (Å²) in [4.78, 5) is 14.5. The van der Waals surface area contributed by atoms with Gasteiger partial charge in [-0.1, -0.05) is 11.8 Å². The molecule has 0 unspecified atom stereocenters. The number of rotatable bonds is 7. The van der Waals surface area contributed by atoms with E-state index in [0.717, 1.165) is 19.0 Å². The van der Waals surface area contributed by atoms with E-state index >= 15 is 0 Å². The van der Waals surface area contributed by atoms with Crippen LogP contribution >= 0.6 is 11.8 Å². The summed E-state index contributed by atoms with van der Waals surface area (Å²) in [7, 11) is 5.03. The SMILES string of the molecule is COc1ccc(NC(=O)CSc2nnc(N3CCOCC3)n2C)c(OC)c1. The third kappa shape index (κ3) is 4.64. The van der Waals surface area contributed by atoms with Crippen LogP contribution in [0.5, 0.6) is 11.5 Å². The predicted molar refractivity (Wildman–Crippen MR) is 103 cm³/mol. The molecule has 0 bridgehead atoms. The number of carbonyl (C=O) groups excluding carboxylic acids is 1. The molecule has 1 saturated heterocycles. The van der Waals surface area contributed by atoms with E-state index in [1.807, 2.05) is 11.6 Å². The lowest BCUT2D eigenvalue weighted by atomic mass is 10.2. The van der Waals surface area contributed by atoms with Crippen molar-refractivity contribution in [3.8, 4) is 11.5 Å². The fraction of sp³-hybridized carbons (Fsp3) is 0.471. The molecule has 0 atom stereocenters. The number of hydrogen-bond donors (Lipinski definition) is 1. The average Bonchev–Trinajstić information content (AvgIpc) is 3.07. The van der Waals surface area contributed by atoms with Crippen LogP contribution < -0.4 is 19.7 Å². The van der Waals surface area contributed by atoms with Crippen LogP contribution in [0, 0.1) is 0 Å². The Morgan fingerprint density at radius 1 is 1.26 bits per heavy atom. The van der Waals surface area contributed by atoms with E-state index in [0.29, 0.717) is 35.6 Å². The van der Waals surface area contributed by atoms with E-state index < -0.39 is 0 Å². The lowest BCUT2D eigenvalue weighted by Crippen LogP contribution is -2.37. The molecule has 9 nitrogen and oxygen atoms in total. The molecular formula is C17H23N5O4S. The molecule has 146 valence electrons. The number of benzene rings is 1. The zero-order valence-corrected chi connectivity index (χ0v) is 16.4. The van der Waals surface area contributed by atoms with Gasteiger partial charge in [0, 0.05) is 26.2 Å². The molecule has 1 amide bonds. The van der Waals surface area contributed by atoms with E-state index in [4.69, 9.17) is 14.2 Å². The molecule has 0 aliphatic carbocycles. The van der Waals surface area contributed by atoms with Crippen molar-refractivity contribution < 1.29 is 19.0 Å². The number of morpholine rings is 1. The molecule has 0 saturated carbocycles. The number of aromatic nitrogens is 3. The van der Waals surface area contributed by atoms with E-state index in [1.54, 1.807) is 32.4 Å². The van der Waals surface area contributed by atoms with Crippen LogP contribution in [0.4, 0.5) is 11.6 Å². The smallest absolute Gasteiger partial charge is 0.234 e. The highest BCUT2D eigenvalue weighted by molar-refractivity contribution is 7.99. The molecule has 10 heteroatoms. The molecule has 3 rings (SSSR count). The standard InChI is InChI=1S/C17H23N5O4S/c1-21-16(22-6-8-26-9-7-22)19-20-17(21)27-11-15(23)18-13-5-4-12(24-2)10-14(13)25-3/h4-5,10H,6-9,11H2,1-3H3,(H,18,23). The van der Waals surface area contributed by atoms with Gasteiger partial charge in [-0.25, -0.2) is 0 Å². The monoisotopic (exact) mass is 393 g/mol. The first kappa shape index (κ1) is 19.3. The van der Waals surface area contributed by atoms with Crippen molar-refractivity contribution in [3.63, 3.8) is 0 Å². The summed E-state index contributed by atoms with van der Waals surface area (Å²) >= 11 is 1.33. The van der Waals surface area contributed by atoms with E-state index in [2.05, 4.69) is 20.4 Å². The van der Waals surface area contributed by atoms with Crippen LogP contribution in [0.3, 0.4) is 0 Å². The van der Waals surface area contributed by atoms with Gasteiger partial charge >= 0.3 is 0 Å². The summed E-state index contributed by atoms with van der Waals surface area (Å²) < 4.78 is 17.7. The molecule has 1 N–H and O–H groups in total. The minimum atomic E-state index is -0.153. The minimum absolute atomic E-state index is 0.153. The minimum Gasteiger partial charge on any atom is -0.497 e. The van der Waals surface area contributed by atoms with E-state index in [1.165, 1.54) is 11.8 Å². The Morgan fingerprint density at radius 3 is 2.74 bits per heavy atom. The highest BCUT2D eigenvalue weighted by Crippen LogP contribution is 2.29. The van der Waals surface area contributed by atoms with Crippen LogP contribution in [0.25, 0.3) is 0 Å². The number of hydrogen-bond acceptors (Lipinski definition) is 8. The van der Waals surface area contributed by atoms with Gasteiger partial charge in [0.1, 0.15) is 11.5 Å². The molecule has 0 radical (unpaired) electrons. The predicted octanol–water partition coefficient (Wildman–Crippen LogP) is 1.40. The number of nitrogens with zero attached hydrogens (tertiary/aromatic N) is 4. The van der Waals surface area contributed by atoms with E-state index in [-0.39, 0.29) is 11.7 Å². The molecule has 1 aromatic carbocycles. The molecule has 1 aromatic heterocycles. The van der Waals surface area contributed by atoms with Gasteiger partial charge in [0.25, 0.3) is 0 Å². The topological polar surface area (TPSA) is 90.7 Å². The van der Waals surface area contributed by atoms with Gasteiger partial charge in [-0.15, -0.1) is 10.2 Å². The maximum atomic E-state index is 12.3. The third-order valence-electron chi connectivity index (χ3n) is 4.12. The van der Waals surface area contributed by atoms with Crippen molar-refractivity contribution in [3.05, 3.63) is 18.2 Å². The quantitative estimate of drug-likeness (QED) is 0.706. The average molecular weight is 393 g/mol. The van der Waals surface area contributed by atoms with Crippen LogP contribution in [-0.4, -0.2) is 66.9 Å². The van der Waals surface area contributed by atoms with Gasteiger partial charge in [0.15, 0.2) is 5.16 Å². The van der Waals surface area contributed by atoms with Crippen molar-refractivity contribution in [2.24, 2.45) is 7.05 Å². The summed E-state index contributed by atoms with van der Waals surface area (Å²) in [6.07, 6.45) is 0. The third-order valence-corrected chi connectivity index (χ3v) is 5.14. The maximum Gasteiger partial charge on any atom is 0.234 e. The molecule has 0 spiro atoms. The molecule has 1 aliphatic heterocycles. The van der Waals surface area contributed by atoms with Crippen LogP contribution in [0.2, 0.25) is 0 Å². The van der Waals surface area contributed by atoms with Gasteiger partial charge < -0.3 is 24.4 Å². The number of nitrogens with one attached hydrogen (secondary N) is 1. The number of ether oxygens (including phenoxy) is 3. The molecular weight excluding hydrogens is 370 g/mol. The molecule has 2 heterocycles. The van der Waals surface area contributed by atoms with Crippen molar-refractivity contribution in [2.45, 2.75) is 5.16 Å². The Hall–Kier alpha value is -2.46. The summed E-state index contributed by atoms with van der Waals surface area (Å²) in [5.74, 6) is 2.05. The Balaban J connectivity index is 1.59. The summed E-state index contributed by atoms with van der Waals surface area (Å²) in [5, 5.41) is 12.0. The molecule has 1 fully saturated rings. The van der Waals surface area contributed by atoms with Crippen molar-refractivity contribution >= 4 is 29.3 Å². The fourth-order valence-corrected chi connectivity index (χ4v) is 3.40. The largest absolute Gasteiger partial charge is 0.497 e. The van der Waals surface area contributed by atoms with Gasteiger partial charge in [-0.3, -0.25) is 9.36 Å². The van der Waals surface area contributed by atoms with Gasteiger partial charge in [-0.2, -0.15) is 0 Å². The number of methoxy groups -OCH3 is 2. The first-order chi connectivity index (χ1) is 13.1. The van der Waals surface area contributed by atoms with Crippen LogP contribution in [-0.2, 0) is 16.6 Å². The highest BCUT2D eigenvalue weighted by Gasteiger charge is 2.19. The molecule has 1 aliphatic rings. The maximum absolute atomic E-state index is 12.3. The summed E-state index contributed by atoms with van der Waals surface area (Å²) in [6.45, 7) is 2.94. The Morgan fingerprint density at radius 2 is 2.04 bits per heavy atom. The lowest BCUT2D eigenvalue weighted by molar-refractivity contribution is -0.113. The second-order valence-corrected chi connectivity index (χ2v) is 6.79. The zero-order valence-electron chi connectivity index (χ0n) is 15.6. The van der Waals surface area contributed by atoms with Gasteiger partial charge in [0.05, 0.1) is 38.9 Å². The van der Waals surface area contributed by atoms with Crippen molar-refractivity contribution in [1.82, 2.24) is 14.8 Å². The van der Waals surface area contributed by atoms with Crippen LogP contribution in [0.15, 0.2) is 23.4 Å². The molecule has 2 aromatic rings. The second-order valence-electron chi connectivity index (χ2n) is 5.84. The number of amides is 1.